The first-order valence-corrected chi connectivity index (χ1v) is 9.71. The summed E-state index contributed by atoms with van der Waals surface area (Å²) in [4.78, 5) is 16.1. The van der Waals surface area contributed by atoms with Crippen molar-refractivity contribution in [1.29, 1.82) is 0 Å². The third-order valence-electron chi connectivity index (χ3n) is 4.63. The van der Waals surface area contributed by atoms with Crippen molar-refractivity contribution < 1.29 is 4.39 Å². The molecule has 5 rings (SSSR count). The Morgan fingerprint density at radius 2 is 1.85 bits per heavy atom. The maximum atomic E-state index is 13.1. The molecule has 1 aliphatic rings. The lowest BCUT2D eigenvalue weighted by Gasteiger charge is -2.16. The minimum Gasteiger partial charge on any atom is -0.341 e. The van der Waals surface area contributed by atoms with Gasteiger partial charge in [0.25, 0.3) is 0 Å². The van der Waals surface area contributed by atoms with E-state index in [1.165, 1.54) is 25.0 Å². The fourth-order valence-electron chi connectivity index (χ4n) is 3.26. The SMILES string of the molecule is Fc1ccc(-n2cnc(Nc3nc(N4CCCC4)nc4ccsc34)c2)cc1. The van der Waals surface area contributed by atoms with Gasteiger partial charge in [-0.2, -0.15) is 4.98 Å². The van der Waals surface area contributed by atoms with E-state index in [2.05, 4.69) is 15.2 Å². The summed E-state index contributed by atoms with van der Waals surface area (Å²) in [5.41, 5.74) is 1.79. The molecule has 0 spiro atoms. The van der Waals surface area contributed by atoms with Crippen LogP contribution in [0.4, 0.5) is 22.0 Å². The second-order valence-electron chi connectivity index (χ2n) is 6.47. The van der Waals surface area contributed by atoms with Crippen LogP contribution in [0.1, 0.15) is 12.8 Å². The summed E-state index contributed by atoms with van der Waals surface area (Å²) in [6.45, 7) is 1.99. The molecule has 1 aromatic carbocycles. The normalized spacial score (nSPS) is 14.2. The van der Waals surface area contributed by atoms with E-state index in [9.17, 15) is 4.39 Å². The number of hydrogen-bond acceptors (Lipinski definition) is 6. The van der Waals surface area contributed by atoms with Crippen LogP contribution in [0.25, 0.3) is 15.9 Å². The van der Waals surface area contributed by atoms with E-state index in [-0.39, 0.29) is 5.82 Å². The Hall–Kier alpha value is -3.00. The molecule has 4 heterocycles. The van der Waals surface area contributed by atoms with E-state index >= 15 is 0 Å². The number of rotatable bonds is 4. The van der Waals surface area contributed by atoms with Crippen LogP contribution in [-0.4, -0.2) is 32.6 Å². The molecule has 8 heteroatoms. The molecule has 1 saturated heterocycles. The van der Waals surface area contributed by atoms with E-state index in [0.717, 1.165) is 40.8 Å². The van der Waals surface area contributed by atoms with Crippen molar-refractivity contribution in [1.82, 2.24) is 19.5 Å². The molecule has 136 valence electrons. The average Bonchev–Trinajstić information content (AvgIpc) is 3.43. The first kappa shape index (κ1) is 16.2. The van der Waals surface area contributed by atoms with Crippen LogP contribution in [-0.2, 0) is 0 Å². The van der Waals surface area contributed by atoms with Gasteiger partial charge in [0.15, 0.2) is 5.82 Å². The minimum absolute atomic E-state index is 0.257. The van der Waals surface area contributed by atoms with Crippen molar-refractivity contribution in [3.63, 3.8) is 0 Å². The van der Waals surface area contributed by atoms with Gasteiger partial charge in [-0.25, -0.2) is 14.4 Å². The Morgan fingerprint density at radius 3 is 2.67 bits per heavy atom. The molecule has 27 heavy (non-hydrogen) atoms. The fourth-order valence-corrected chi connectivity index (χ4v) is 4.03. The zero-order valence-electron chi connectivity index (χ0n) is 14.5. The summed E-state index contributed by atoms with van der Waals surface area (Å²) >= 11 is 1.61. The van der Waals surface area contributed by atoms with Crippen LogP contribution < -0.4 is 10.2 Å². The van der Waals surface area contributed by atoms with Gasteiger partial charge in [0.05, 0.1) is 16.4 Å². The van der Waals surface area contributed by atoms with Crippen LogP contribution in [0.5, 0.6) is 0 Å². The Bertz CT molecular complexity index is 1080. The molecule has 0 aliphatic carbocycles. The van der Waals surface area contributed by atoms with Crippen molar-refractivity contribution in [2.45, 2.75) is 12.8 Å². The number of nitrogens with zero attached hydrogens (tertiary/aromatic N) is 5. The van der Waals surface area contributed by atoms with E-state index in [1.54, 1.807) is 29.8 Å². The first-order valence-electron chi connectivity index (χ1n) is 8.83. The highest BCUT2D eigenvalue weighted by Gasteiger charge is 2.18. The largest absolute Gasteiger partial charge is 0.341 e. The van der Waals surface area contributed by atoms with E-state index in [1.807, 2.05) is 22.2 Å². The quantitative estimate of drug-likeness (QED) is 0.570. The molecule has 0 radical (unpaired) electrons. The number of anilines is 3. The number of nitrogens with one attached hydrogen (secondary N) is 1. The second kappa shape index (κ2) is 6.62. The molecule has 0 unspecified atom stereocenters. The summed E-state index contributed by atoms with van der Waals surface area (Å²) in [6.07, 6.45) is 5.92. The first-order chi connectivity index (χ1) is 13.3. The van der Waals surface area contributed by atoms with Gasteiger partial charge in [-0.1, -0.05) is 0 Å². The van der Waals surface area contributed by atoms with Crippen LogP contribution in [0.15, 0.2) is 48.2 Å². The number of halogens is 1. The molecule has 1 fully saturated rings. The van der Waals surface area contributed by atoms with Crippen molar-refractivity contribution in [3.05, 3.63) is 54.1 Å². The van der Waals surface area contributed by atoms with Gasteiger partial charge < -0.3 is 14.8 Å². The zero-order chi connectivity index (χ0) is 18.2. The molecule has 0 saturated carbocycles. The number of thiophene rings is 1. The number of fused-ring (bicyclic) bond motifs is 1. The van der Waals surface area contributed by atoms with Gasteiger partial charge in [-0.15, -0.1) is 11.3 Å². The zero-order valence-corrected chi connectivity index (χ0v) is 15.3. The molecule has 0 bridgehead atoms. The van der Waals surface area contributed by atoms with Crippen LogP contribution in [0.2, 0.25) is 0 Å². The Labute approximate surface area is 159 Å². The lowest BCUT2D eigenvalue weighted by molar-refractivity contribution is 0.627. The molecular weight excluding hydrogens is 363 g/mol. The molecule has 1 aliphatic heterocycles. The molecule has 0 atom stereocenters. The highest BCUT2D eigenvalue weighted by atomic mass is 32.1. The predicted molar refractivity (Wildman–Crippen MR) is 106 cm³/mol. The topological polar surface area (TPSA) is 58.9 Å². The van der Waals surface area contributed by atoms with E-state index < -0.39 is 0 Å². The Kier molecular flexibility index (Phi) is 3.97. The number of aromatic nitrogens is 4. The summed E-state index contributed by atoms with van der Waals surface area (Å²) < 4.78 is 16.0. The Morgan fingerprint density at radius 1 is 1.04 bits per heavy atom. The molecule has 1 N–H and O–H groups in total. The van der Waals surface area contributed by atoms with Gasteiger partial charge in [0, 0.05) is 18.8 Å². The molecule has 0 amide bonds. The number of hydrogen-bond donors (Lipinski definition) is 1. The molecule has 3 aromatic heterocycles. The van der Waals surface area contributed by atoms with Crippen LogP contribution in [0.3, 0.4) is 0 Å². The lowest BCUT2D eigenvalue weighted by atomic mass is 10.3. The third-order valence-corrected chi connectivity index (χ3v) is 5.54. The van der Waals surface area contributed by atoms with Gasteiger partial charge >= 0.3 is 0 Å². The summed E-state index contributed by atoms with van der Waals surface area (Å²) in [5.74, 6) is 1.95. The highest BCUT2D eigenvalue weighted by molar-refractivity contribution is 7.17. The van der Waals surface area contributed by atoms with Crippen LogP contribution >= 0.6 is 11.3 Å². The summed E-state index contributed by atoms with van der Waals surface area (Å²) in [6, 6.07) is 8.32. The number of benzene rings is 1. The van der Waals surface area contributed by atoms with Gasteiger partial charge in [0.2, 0.25) is 5.95 Å². The van der Waals surface area contributed by atoms with E-state index in [4.69, 9.17) is 9.97 Å². The maximum absolute atomic E-state index is 13.1. The predicted octanol–water partition coefficient (Wildman–Crippen LogP) is 4.36. The van der Waals surface area contributed by atoms with Gasteiger partial charge in [-0.05, 0) is 48.6 Å². The summed E-state index contributed by atoms with van der Waals surface area (Å²) in [7, 11) is 0. The van der Waals surface area contributed by atoms with Gasteiger partial charge in [-0.3, -0.25) is 0 Å². The second-order valence-corrected chi connectivity index (χ2v) is 7.39. The smallest absolute Gasteiger partial charge is 0.227 e. The maximum Gasteiger partial charge on any atom is 0.227 e. The fraction of sp³-hybridized carbons (Fsp3) is 0.211. The molecule has 4 aromatic rings. The van der Waals surface area contributed by atoms with Crippen molar-refractivity contribution in [2.75, 3.05) is 23.3 Å². The third kappa shape index (κ3) is 3.12. The minimum atomic E-state index is -0.257. The van der Waals surface area contributed by atoms with Crippen molar-refractivity contribution in [2.24, 2.45) is 0 Å². The van der Waals surface area contributed by atoms with Crippen molar-refractivity contribution >= 4 is 39.1 Å². The standard InChI is InChI=1S/C19H17FN6S/c20-13-3-5-14(6-4-13)26-11-16(21-12-26)23-18-17-15(7-10-27-17)22-19(24-18)25-8-1-2-9-25/h3-7,10-12H,1-2,8-9H2,(H,22,23,24). The summed E-state index contributed by atoms with van der Waals surface area (Å²) in [5, 5.41) is 5.35. The van der Waals surface area contributed by atoms with E-state index in [0.29, 0.717) is 5.82 Å². The Balaban J connectivity index is 1.47. The molecule has 6 nitrogen and oxygen atoms in total. The molecular formula is C19H17FN6S. The van der Waals surface area contributed by atoms with Gasteiger partial charge in [0.1, 0.15) is 18.0 Å². The highest BCUT2D eigenvalue weighted by Crippen LogP contribution is 2.31. The van der Waals surface area contributed by atoms with Crippen LogP contribution in [0, 0.1) is 5.82 Å². The van der Waals surface area contributed by atoms with Crippen molar-refractivity contribution in [3.8, 4) is 5.69 Å². The number of imidazole rings is 1. The average molecular weight is 380 g/mol. The monoisotopic (exact) mass is 380 g/mol. The lowest BCUT2D eigenvalue weighted by Crippen LogP contribution is -2.20.